The van der Waals surface area contributed by atoms with Gasteiger partial charge in [-0.05, 0) is 67.9 Å². The predicted molar refractivity (Wildman–Crippen MR) is 122 cm³/mol. The molecule has 1 fully saturated rings. The van der Waals surface area contributed by atoms with Gasteiger partial charge >= 0.3 is 5.97 Å². The van der Waals surface area contributed by atoms with E-state index in [1.54, 1.807) is 6.08 Å². The number of Topliss-reactive ketones (excluding diaryl/α,β-unsaturated/α-hetero) is 1. The van der Waals surface area contributed by atoms with Gasteiger partial charge in [0, 0.05) is 12.6 Å². The number of carboxylic acid groups (broad SMARTS) is 1. The zero-order valence-corrected chi connectivity index (χ0v) is 18.1. The number of unbranched alkanes of at least 4 members (excludes halogenated alkanes) is 2. The Bertz CT molecular complexity index is 936. The van der Waals surface area contributed by atoms with E-state index >= 15 is 0 Å². The molecule has 1 saturated heterocycles. The molecule has 2 aromatic carbocycles. The Labute approximate surface area is 188 Å². The topological polar surface area (TPSA) is 83.9 Å². The van der Waals surface area contributed by atoms with Crippen molar-refractivity contribution in [2.45, 2.75) is 44.6 Å². The molecule has 0 bridgehead atoms. The van der Waals surface area contributed by atoms with E-state index in [0.29, 0.717) is 26.0 Å². The molecule has 1 atom stereocenters. The summed E-state index contributed by atoms with van der Waals surface area (Å²) in [5, 5.41) is 8.91. The third-order valence-corrected chi connectivity index (χ3v) is 5.57. The fourth-order valence-corrected chi connectivity index (χ4v) is 3.83. The molecule has 1 aliphatic rings. The Kier molecular flexibility index (Phi) is 8.61. The van der Waals surface area contributed by atoms with Crippen molar-refractivity contribution in [1.82, 2.24) is 4.90 Å². The third kappa shape index (κ3) is 6.80. The Balaban J connectivity index is 1.39. The van der Waals surface area contributed by atoms with Crippen LogP contribution in [0.1, 0.15) is 43.2 Å². The molecular weight excluding hydrogens is 406 g/mol. The number of aryl methyl sites for hydroxylation is 1. The van der Waals surface area contributed by atoms with E-state index < -0.39 is 17.8 Å². The van der Waals surface area contributed by atoms with Crippen LogP contribution in [0, 0.1) is 0 Å². The highest BCUT2D eigenvalue weighted by Crippen LogP contribution is 2.20. The van der Waals surface area contributed by atoms with Gasteiger partial charge in [0.15, 0.2) is 0 Å². The molecule has 6 heteroatoms. The zero-order chi connectivity index (χ0) is 22.8. The number of aliphatic carboxylic acids is 1. The lowest BCUT2D eigenvalue weighted by molar-refractivity contribution is -0.152. The van der Waals surface area contributed by atoms with Crippen LogP contribution in [0.5, 0.6) is 5.75 Å². The van der Waals surface area contributed by atoms with E-state index in [4.69, 9.17) is 9.84 Å². The highest BCUT2D eigenvalue weighted by Gasteiger charge is 2.36. The fraction of sp³-hybridized carbons (Fsp3) is 0.346. The summed E-state index contributed by atoms with van der Waals surface area (Å²) in [5.74, 6) is -1.99. The summed E-state index contributed by atoms with van der Waals surface area (Å²) in [7, 11) is 0. The molecule has 0 spiro atoms. The maximum atomic E-state index is 12.4. The van der Waals surface area contributed by atoms with E-state index in [2.05, 4.69) is 24.3 Å². The highest BCUT2D eigenvalue weighted by atomic mass is 16.5. The summed E-state index contributed by atoms with van der Waals surface area (Å²) in [6.07, 6.45) is 8.40. The van der Waals surface area contributed by atoms with Crippen molar-refractivity contribution in [2.24, 2.45) is 0 Å². The maximum absolute atomic E-state index is 12.4. The number of hydrogen-bond donors (Lipinski definition) is 1. The second-order valence-corrected chi connectivity index (χ2v) is 7.91. The van der Waals surface area contributed by atoms with E-state index in [-0.39, 0.29) is 5.91 Å². The van der Waals surface area contributed by atoms with Gasteiger partial charge in [-0.2, -0.15) is 0 Å². The van der Waals surface area contributed by atoms with Gasteiger partial charge in [-0.15, -0.1) is 0 Å². The second kappa shape index (κ2) is 11.8. The zero-order valence-electron chi connectivity index (χ0n) is 18.1. The number of hydrogen-bond acceptors (Lipinski definition) is 4. The van der Waals surface area contributed by atoms with Gasteiger partial charge < -0.3 is 14.7 Å². The van der Waals surface area contributed by atoms with Gasteiger partial charge in [-0.3, -0.25) is 9.59 Å². The van der Waals surface area contributed by atoms with Crippen molar-refractivity contribution in [3.05, 3.63) is 71.8 Å². The van der Waals surface area contributed by atoms with Crippen LogP contribution in [0.2, 0.25) is 0 Å². The van der Waals surface area contributed by atoms with Crippen molar-refractivity contribution in [1.29, 1.82) is 0 Å². The molecule has 0 saturated carbocycles. The Hall–Kier alpha value is -3.41. The second-order valence-electron chi connectivity index (χ2n) is 7.91. The van der Waals surface area contributed by atoms with Crippen LogP contribution in [0.25, 0.3) is 6.08 Å². The standard InChI is InChI=1S/C26H29NO5/c28-24(27-18-7-11-23(27)25(29)26(30)31)17-14-21-12-15-22(16-13-21)32-19-6-2-5-10-20-8-3-1-4-9-20/h1,3-4,8-9,12-17,23H,2,5-7,10-11,18-19H2,(H,30,31)/b17-14+/t23-/m0/s1. The minimum Gasteiger partial charge on any atom is -0.494 e. The van der Waals surface area contributed by atoms with E-state index in [1.165, 1.54) is 16.5 Å². The first-order valence-corrected chi connectivity index (χ1v) is 11.1. The minimum atomic E-state index is -1.49. The molecule has 0 radical (unpaired) electrons. The average Bonchev–Trinajstić information content (AvgIpc) is 3.30. The first-order chi connectivity index (χ1) is 15.5. The number of nitrogens with zero attached hydrogens (tertiary/aromatic N) is 1. The number of rotatable bonds is 11. The number of amides is 1. The minimum absolute atomic E-state index is 0.349. The molecule has 0 aliphatic carbocycles. The molecular formula is C26H29NO5. The number of ether oxygens (including phenoxy) is 1. The van der Waals surface area contributed by atoms with Crippen LogP contribution in [-0.2, 0) is 20.8 Å². The van der Waals surface area contributed by atoms with Crippen molar-refractivity contribution >= 4 is 23.7 Å². The van der Waals surface area contributed by atoms with Gasteiger partial charge in [0.25, 0.3) is 5.78 Å². The molecule has 1 heterocycles. The largest absolute Gasteiger partial charge is 0.494 e. The molecule has 1 amide bonds. The molecule has 32 heavy (non-hydrogen) atoms. The number of ketones is 1. The summed E-state index contributed by atoms with van der Waals surface area (Å²) in [4.78, 5) is 36.4. The van der Waals surface area contributed by atoms with Crippen LogP contribution in [-0.4, -0.2) is 46.9 Å². The summed E-state index contributed by atoms with van der Waals surface area (Å²) in [6, 6.07) is 17.0. The molecule has 168 valence electrons. The molecule has 6 nitrogen and oxygen atoms in total. The Morgan fingerprint density at radius 1 is 1.00 bits per heavy atom. The van der Waals surface area contributed by atoms with Crippen LogP contribution < -0.4 is 4.74 Å². The van der Waals surface area contributed by atoms with Crippen LogP contribution in [0.4, 0.5) is 0 Å². The van der Waals surface area contributed by atoms with E-state index in [9.17, 15) is 14.4 Å². The van der Waals surface area contributed by atoms with Gasteiger partial charge in [-0.1, -0.05) is 42.5 Å². The van der Waals surface area contributed by atoms with Crippen LogP contribution >= 0.6 is 0 Å². The number of carboxylic acids is 1. The fourth-order valence-electron chi connectivity index (χ4n) is 3.83. The maximum Gasteiger partial charge on any atom is 0.374 e. The number of benzene rings is 2. The first-order valence-electron chi connectivity index (χ1n) is 11.1. The Morgan fingerprint density at radius 3 is 2.47 bits per heavy atom. The molecule has 3 rings (SSSR count). The molecule has 0 unspecified atom stereocenters. The Morgan fingerprint density at radius 2 is 1.75 bits per heavy atom. The lowest BCUT2D eigenvalue weighted by atomic mass is 10.1. The first kappa shape index (κ1) is 23.3. The van der Waals surface area contributed by atoms with E-state index in [0.717, 1.165) is 37.0 Å². The normalized spacial score (nSPS) is 15.8. The van der Waals surface area contributed by atoms with Gasteiger partial charge in [-0.25, -0.2) is 4.79 Å². The van der Waals surface area contributed by atoms with Crippen LogP contribution in [0.3, 0.4) is 0 Å². The highest BCUT2D eigenvalue weighted by molar-refractivity contribution is 6.35. The predicted octanol–water partition coefficient (Wildman–Crippen LogP) is 4.14. The average molecular weight is 436 g/mol. The number of carbonyl (C=O) groups excluding carboxylic acids is 2. The summed E-state index contributed by atoms with van der Waals surface area (Å²) < 4.78 is 5.79. The third-order valence-electron chi connectivity index (χ3n) is 5.57. The molecule has 2 aromatic rings. The quantitative estimate of drug-likeness (QED) is 0.326. The van der Waals surface area contributed by atoms with Gasteiger partial charge in [0.1, 0.15) is 11.8 Å². The van der Waals surface area contributed by atoms with Crippen LogP contribution in [0.15, 0.2) is 60.7 Å². The lowest BCUT2D eigenvalue weighted by Gasteiger charge is -2.20. The van der Waals surface area contributed by atoms with E-state index in [1.807, 2.05) is 30.3 Å². The van der Waals surface area contributed by atoms with Gasteiger partial charge in [0.05, 0.1) is 6.61 Å². The number of likely N-dealkylation sites (tertiary alicyclic amines) is 1. The smallest absolute Gasteiger partial charge is 0.374 e. The van der Waals surface area contributed by atoms with Crippen molar-refractivity contribution in [3.8, 4) is 5.75 Å². The molecule has 1 N–H and O–H groups in total. The SMILES string of the molecule is O=C(O)C(=O)[C@@H]1CCCN1C(=O)/C=C/c1ccc(OCCCCCc2ccccc2)cc1. The summed E-state index contributed by atoms with van der Waals surface area (Å²) in [6.45, 7) is 1.06. The summed E-state index contributed by atoms with van der Waals surface area (Å²) >= 11 is 0. The summed E-state index contributed by atoms with van der Waals surface area (Å²) in [5.41, 5.74) is 2.19. The van der Waals surface area contributed by atoms with Crippen molar-refractivity contribution in [2.75, 3.05) is 13.2 Å². The van der Waals surface area contributed by atoms with Crippen molar-refractivity contribution in [3.63, 3.8) is 0 Å². The van der Waals surface area contributed by atoms with Gasteiger partial charge in [0.2, 0.25) is 5.91 Å². The monoisotopic (exact) mass is 435 g/mol. The molecule has 0 aromatic heterocycles. The molecule has 1 aliphatic heterocycles. The number of carbonyl (C=O) groups is 3. The lowest BCUT2D eigenvalue weighted by Crippen LogP contribution is -2.42. The van der Waals surface area contributed by atoms with Crippen molar-refractivity contribution < 1.29 is 24.2 Å².